The van der Waals surface area contributed by atoms with Crippen LogP contribution in [0.3, 0.4) is 0 Å². The molecular weight excluding hydrogens is 224 g/mol. The molecule has 0 amide bonds. The fourth-order valence-corrected chi connectivity index (χ4v) is 1.13. The number of carbonyl (C=O) groups excluding carboxylic acids is 1. The highest BCUT2D eigenvalue weighted by molar-refractivity contribution is 9.18. The van der Waals surface area contributed by atoms with Crippen molar-refractivity contribution >= 4 is 30.7 Å². The van der Waals surface area contributed by atoms with Crippen molar-refractivity contribution in [2.75, 3.05) is 6.26 Å². The van der Waals surface area contributed by atoms with Gasteiger partial charge in [0.25, 0.3) is 10.1 Å². The summed E-state index contributed by atoms with van der Waals surface area (Å²) in [6.45, 7) is 1.35. The van der Waals surface area contributed by atoms with Crippen LogP contribution in [-0.4, -0.2) is 25.5 Å². The van der Waals surface area contributed by atoms with Crippen LogP contribution < -0.4 is 0 Å². The van der Waals surface area contributed by atoms with Gasteiger partial charge in [0.1, 0.15) is 6.10 Å². The third kappa shape index (κ3) is 4.89. The summed E-state index contributed by atoms with van der Waals surface area (Å²) in [5.74, 6) is 0. The van der Waals surface area contributed by atoms with Crippen molar-refractivity contribution in [2.24, 2.45) is 0 Å². The van der Waals surface area contributed by atoms with E-state index in [1.807, 2.05) is 0 Å². The molecule has 0 aliphatic heterocycles. The van der Waals surface area contributed by atoms with Crippen LogP contribution in [0.5, 0.6) is 0 Å². The standard InChI is InChI=1S/C4H7BrO4S/c1-3(4(5)6)9-10(2,7)8/h3H,1-2H3. The Balaban J connectivity index is 4.06. The van der Waals surface area contributed by atoms with Gasteiger partial charge in [-0.15, -0.1) is 0 Å². The van der Waals surface area contributed by atoms with Crippen LogP contribution in [0.1, 0.15) is 6.92 Å². The zero-order valence-electron chi connectivity index (χ0n) is 5.50. The molecule has 0 saturated heterocycles. The van der Waals surface area contributed by atoms with Gasteiger partial charge < -0.3 is 0 Å². The van der Waals surface area contributed by atoms with Crippen LogP contribution in [0.2, 0.25) is 0 Å². The lowest BCUT2D eigenvalue weighted by atomic mass is 10.5. The largest absolute Gasteiger partial charge is 0.284 e. The maximum absolute atomic E-state index is 10.4. The normalized spacial score (nSPS) is 14.7. The summed E-state index contributed by atoms with van der Waals surface area (Å²) in [4.78, 5) is 10.3. The lowest BCUT2D eigenvalue weighted by molar-refractivity contribution is -0.115. The second-order valence-corrected chi connectivity index (χ2v) is 4.13. The van der Waals surface area contributed by atoms with Gasteiger partial charge >= 0.3 is 0 Å². The topological polar surface area (TPSA) is 60.4 Å². The Hall–Kier alpha value is 0.0600. The zero-order valence-corrected chi connectivity index (χ0v) is 7.90. The maximum atomic E-state index is 10.4. The van der Waals surface area contributed by atoms with Crippen LogP contribution in [0.4, 0.5) is 0 Å². The van der Waals surface area contributed by atoms with Gasteiger partial charge in [-0.2, -0.15) is 8.42 Å². The minimum Gasteiger partial charge on any atom is -0.284 e. The number of rotatable bonds is 3. The van der Waals surface area contributed by atoms with Crippen LogP contribution in [0.15, 0.2) is 0 Å². The molecule has 6 heteroatoms. The molecule has 0 aromatic carbocycles. The highest BCUT2D eigenvalue weighted by atomic mass is 79.9. The van der Waals surface area contributed by atoms with Crippen molar-refractivity contribution in [3.8, 4) is 0 Å². The van der Waals surface area contributed by atoms with Crippen molar-refractivity contribution in [3.05, 3.63) is 0 Å². The molecule has 0 aliphatic carbocycles. The molecule has 0 bridgehead atoms. The zero-order chi connectivity index (χ0) is 8.36. The SMILES string of the molecule is CC(OS(C)(=O)=O)C(=O)Br. The summed E-state index contributed by atoms with van der Waals surface area (Å²) >= 11 is 2.56. The smallest absolute Gasteiger partial charge is 0.265 e. The Morgan fingerprint density at radius 2 is 2.00 bits per heavy atom. The van der Waals surface area contributed by atoms with Crippen molar-refractivity contribution in [3.63, 3.8) is 0 Å². The lowest BCUT2D eigenvalue weighted by Gasteiger charge is -2.03. The first-order valence-corrected chi connectivity index (χ1v) is 5.01. The van der Waals surface area contributed by atoms with E-state index in [-0.39, 0.29) is 0 Å². The van der Waals surface area contributed by atoms with E-state index in [2.05, 4.69) is 20.1 Å². The molecule has 60 valence electrons. The summed E-state index contributed by atoms with van der Waals surface area (Å²) in [6, 6.07) is 0. The highest BCUT2D eigenvalue weighted by Gasteiger charge is 2.15. The van der Waals surface area contributed by atoms with Gasteiger partial charge in [0.15, 0.2) is 0 Å². The first-order valence-electron chi connectivity index (χ1n) is 2.40. The van der Waals surface area contributed by atoms with Crippen LogP contribution in [-0.2, 0) is 19.1 Å². The van der Waals surface area contributed by atoms with E-state index >= 15 is 0 Å². The molecule has 0 radical (unpaired) electrons. The van der Waals surface area contributed by atoms with E-state index in [0.717, 1.165) is 6.26 Å². The molecule has 1 atom stereocenters. The number of halogens is 1. The van der Waals surface area contributed by atoms with Gasteiger partial charge in [-0.3, -0.25) is 8.98 Å². The van der Waals surface area contributed by atoms with Gasteiger partial charge in [-0.25, -0.2) is 0 Å². The third-order valence-corrected chi connectivity index (χ3v) is 1.92. The molecule has 1 unspecified atom stereocenters. The van der Waals surface area contributed by atoms with E-state index in [1.54, 1.807) is 0 Å². The Morgan fingerprint density at radius 3 is 2.10 bits per heavy atom. The quantitative estimate of drug-likeness (QED) is 0.516. The van der Waals surface area contributed by atoms with Crippen molar-refractivity contribution in [1.82, 2.24) is 0 Å². The average Bonchev–Trinajstić information content (AvgIpc) is 1.60. The molecule has 0 aromatic rings. The van der Waals surface area contributed by atoms with Gasteiger partial charge in [0.05, 0.1) is 6.26 Å². The van der Waals surface area contributed by atoms with Gasteiger partial charge in [0, 0.05) is 0 Å². The molecule has 0 N–H and O–H groups in total. The second kappa shape index (κ2) is 3.45. The van der Waals surface area contributed by atoms with Gasteiger partial charge in [-0.05, 0) is 22.9 Å². The predicted molar refractivity (Wildman–Crippen MR) is 39.3 cm³/mol. The predicted octanol–water partition coefficient (Wildman–Crippen LogP) is 0.273. The van der Waals surface area contributed by atoms with Crippen molar-refractivity contribution < 1.29 is 17.4 Å². The summed E-state index contributed by atoms with van der Waals surface area (Å²) in [6.07, 6.45) is -0.0607. The Morgan fingerprint density at radius 1 is 1.60 bits per heavy atom. The molecule has 0 spiro atoms. The first kappa shape index (κ1) is 10.1. The maximum Gasteiger partial charge on any atom is 0.265 e. The van der Waals surface area contributed by atoms with E-state index in [1.165, 1.54) is 6.92 Å². The van der Waals surface area contributed by atoms with Crippen LogP contribution in [0.25, 0.3) is 0 Å². The minimum atomic E-state index is -3.52. The lowest BCUT2D eigenvalue weighted by Crippen LogP contribution is -2.19. The molecule has 0 rings (SSSR count). The molecule has 4 nitrogen and oxygen atoms in total. The molecule has 0 aliphatic rings. The number of hydrogen-bond donors (Lipinski definition) is 0. The van der Waals surface area contributed by atoms with Crippen molar-refractivity contribution in [2.45, 2.75) is 13.0 Å². The summed E-state index contributed by atoms with van der Waals surface area (Å²) in [5, 5.41) is 0. The Kier molecular flexibility index (Phi) is 3.47. The van der Waals surface area contributed by atoms with E-state index in [4.69, 9.17) is 0 Å². The van der Waals surface area contributed by atoms with Gasteiger partial charge in [0.2, 0.25) is 4.69 Å². The second-order valence-electron chi connectivity index (χ2n) is 1.75. The number of carbonyl (C=O) groups is 1. The average molecular weight is 231 g/mol. The fourth-order valence-electron chi connectivity index (χ4n) is 0.300. The van der Waals surface area contributed by atoms with Gasteiger partial charge in [-0.1, -0.05) is 0 Å². The van der Waals surface area contributed by atoms with Crippen LogP contribution >= 0.6 is 15.9 Å². The minimum absolute atomic E-state index is 0.488. The van der Waals surface area contributed by atoms with Crippen molar-refractivity contribution in [1.29, 1.82) is 0 Å². The molecule has 0 saturated carbocycles. The Bertz CT molecular complexity index is 219. The monoisotopic (exact) mass is 230 g/mol. The molecule has 0 aromatic heterocycles. The third-order valence-electron chi connectivity index (χ3n) is 0.639. The molecule has 0 fully saturated rings. The summed E-state index contributed by atoms with van der Waals surface area (Å²) in [7, 11) is -3.52. The first-order chi connectivity index (χ1) is 4.33. The summed E-state index contributed by atoms with van der Waals surface area (Å²) < 4.78 is 24.5. The molecular formula is C4H7BrO4S. The highest BCUT2D eigenvalue weighted by Crippen LogP contribution is 2.01. The van der Waals surface area contributed by atoms with Crippen LogP contribution in [0, 0.1) is 0 Å². The Labute approximate surface area is 67.8 Å². The molecule has 10 heavy (non-hydrogen) atoms. The van der Waals surface area contributed by atoms with E-state index < -0.39 is 20.9 Å². The fraction of sp³-hybridized carbons (Fsp3) is 0.750. The van der Waals surface area contributed by atoms with E-state index in [0.29, 0.717) is 0 Å². The summed E-state index contributed by atoms with van der Waals surface area (Å²) in [5.41, 5.74) is 0. The molecule has 0 heterocycles. The number of hydrogen-bond acceptors (Lipinski definition) is 4. The van der Waals surface area contributed by atoms with E-state index in [9.17, 15) is 13.2 Å².